The van der Waals surface area contributed by atoms with E-state index in [0.717, 1.165) is 23.9 Å². The van der Waals surface area contributed by atoms with E-state index in [4.69, 9.17) is 16.3 Å². The second-order valence-electron chi connectivity index (χ2n) is 7.91. The number of rotatable bonds is 5. The standard InChI is InChI=1S/C23H20ClFN2O2/c24-14-3-1-13(2-4-14)9-22(28)27-23-17-11-16(12-18(17)23)29-21-7-8-26-20-6-5-15(25)10-19(20)21/h1-8,10,16-18,23H,9,11-12H2,(H,27,28)/t16-,17-,18+,23?. The van der Waals surface area contributed by atoms with Crippen molar-refractivity contribution in [2.75, 3.05) is 0 Å². The molecule has 4 atom stereocenters. The third-order valence-corrected chi connectivity index (χ3v) is 6.22. The molecule has 1 heterocycles. The van der Waals surface area contributed by atoms with Crippen LogP contribution in [0, 0.1) is 17.7 Å². The molecule has 0 radical (unpaired) electrons. The summed E-state index contributed by atoms with van der Waals surface area (Å²) in [5.74, 6) is 1.33. The van der Waals surface area contributed by atoms with Gasteiger partial charge >= 0.3 is 0 Å². The Morgan fingerprint density at radius 1 is 1.14 bits per heavy atom. The molecule has 2 aliphatic rings. The summed E-state index contributed by atoms with van der Waals surface area (Å²) in [5, 5.41) is 4.52. The lowest BCUT2D eigenvalue weighted by Gasteiger charge is -2.18. The lowest BCUT2D eigenvalue weighted by atomic mass is 10.1. The van der Waals surface area contributed by atoms with Gasteiger partial charge < -0.3 is 10.1 Å². The van der Waals surface area contributed by atoms with Crippen LogP contribution < -0.4 is 10.1 Å². The fraction of sp³-hybridized carbons (Fsp3) is 0.304. The van der Waals surface area contributed by atoms with Crippen LogP contribution in [-0.4, -0.2) is 23.0 Å². The Hall–Kier alpha value is -2.66. The molecule has 1 N–H and O–H groups in total. The molecule has 0 spiro atoms. The molecule has 0 saturated heterocycles. The maximum absolute atomic E-state index is 13.6. The molecule has 2 fully saturated rings. The minimum Gasteiger partial charge on any atom is -0.490 e. The largest absolute Gasteiger partial charge is 0.490 e. The highest BCUT2D eigenvalue weighted by atomic mass is 35.5. The first kappa shape index (κ1) is 18.4. The smallest absolute Gasteiger partial charge is 0.224 e. The second kappa shape index (κ2) is 7.30. The molecule has 148 valence electrons. The third kappa shape index (κ3) is 3.79. The van der Waals surface area contributed by atoms with Crippen molar-refractivity contribution in [2.24, 2.45) is 11.8 Å². The van der Waals surface area contributed by atoms with Gasteiger partial charge in [-0.15, -0.1) is 0 Å². The van der Waals surface area contributed by atoms with Crippen LogP contribution in [0.5, 0.6) is 5.75 Å². The zero-order chi connectivity index (χ0) is 20.0. The molecule has 4 nitrogen and oxygen atoms in total. The number of aromatic nitrogens is 1. The Morgan fingerprint density at radius 3 is 2.66 bits per heavy atom. The summed E-state index contributed by atoms with van der Waals surface area (Å²) in [6.07, 6.45) is 3.93. The van der Waals surface area contributed by atoms with Crippen molar-refractivity contribution < 1.29 is 13.9 Å². The van der Waals surface area contributed by atoms with Crippen molar-refractivity contribution in [1.82, 2.24) is 10.3 Å². The molecule has 29 heavy (non-hydrogen) atoms. The molecule has 1 amide bonds. The highest BCUT2D eigenvalue weighted by Gasteiger charge is 2.57. The zero-order valence-corrected chi connectivity index (χ0v) is 16.4. The van der Waals surface area contributed by atoms with Gasteiger partial charge in [-0.2, -0.15) is 0 Å². The summed E-state index contributed by atoms with van der Waals surface area (Å²) in [6, 6.07) is 13.9. The van der Waals surface area contributed by atoms with Gasteiger partial charge in [0.15, 0.2) is 0 Å². The van der Waals surface area contributed by atoms with Gasteiger partial charge in [-0.3, -0.25) is 9.78 Å². The van der Waals surface area contributed by atoms with Gasteiger partial charge in [-0.1, -0.05) is 23.7 Å². The number of hydrogen-bond acceptors (Lipinski definition) is 3. The number of hydrogen-bond donors (Lipinski definition) is 1. The fourth-order valence-electron chi connectivity index (χ4n) is 4.50. The van der Waals surface area contributed by atoms with Crippen LogP contribution in [0.1, 0.15) is 18.4 Å². The van der Waals surface area contributed by atoms with Crippen molar-refractivity contribution in [1.29, 1.82) is 0 Å². The Bertz CT molecular complexity index is 1060. The normalized spacial score (nSPS) is 24.9. The minimum atomic E-state index is -0.298. The topological polar surface area (TPSA) is 51.2 Å². The predicted molar refractivity (Wildman–Crippen MR) is 109 cm³/mol. The molecule has 2 aliphatic carbocycles. The van der Waals surface area contributed by atoms with Gasteiger partial charge in [0.1, 0.15) is 11.6 Å². The molecule has 2 aromatic carbocycles. The van der Waals surface area contributed by atoms with E-state index in [0.29, 0.717) is 34.4 Å². The lowest BCUT2D eigenvalue weighted by molar-refractivity contribution is -0.120. The number of pyridine rings is 1. The van der Waals surface area contributed by atoms with Crippen LogP contribution >= 0.6 is 11.6 Å². The summed E-state index contributed by atoms with van der Waals surface area (Å²) in [6.45, 7) is 0. The predicted octanol–water partition coefficient (Wildman–Crippen LogP) is 4.54. The molecule has 1 aromatic heterocycles. The summed E-state index contributed by atoms with van der Waals surface area (Å²) in [5.41, 5.74) is 1.68. The summed E-state index contributed by atoms with van der Waals surface area (Å²) in [4.78, 5) is 16.6. The number of halogens is 2. The number of nitrogens with one attached hydrogen (secondary N) is 1. The number of ether oxygens (including phenoxy) is 1. The first-order valence-electron chi connectivity index (χ1n) is 9.81. The van der Waals surface area contributed by atoms with E-state index in [1.165, 1.54) is 12.1 Å². The summed E-state index contributed by atoms with van der Waals surface area (Å²) < 4.78 is 19.8. The van der Waals surface area contributed by atoms with E-state index < -0.39 is 0 Å². The first-order valence-corrected chi connectivity index (χ1v) is 10.2. The third-order valence-electron chi connectivity index (χ3n) is 5.96. The molecule has 5 rings (SSSR count). The van der Waals surface area contributed by atoms with E-state index in [9.17, 15) is 9.18 Å². The van der Waals surface area contributed by atoms with Crippen LogP contribution in [0.2, 0.25) is 5.02 Å². The number of benzene rings is 2. The zero-order valence-electron chi connectivity index (χ0n) is 15.6. The number of carbonyl (C=O) groups is 1. The number of carbonyl (C=O) groups excluding carboxylic acids is 1. The first-order chi connectivity index (χ1) is 14.1. The maximum atomic E-state index is 13.6. The molecule has 6 heteroatoms. The molecular formula is C23H20ClFN2O2. The minimum absolute atomic E-state index is 0.0415. The Morgan fingerprint density at radius 2 is 1.90 bits per heavy atom. The lowest BCUT2D eigenvalue weighted by Crippen LogP contribution is -2.32. The van der Waals surface area contributed by atoms with Gasteiger partial charge in [0.05, 0.1) is 18.0 Å². The van der Waals surface area contributed by atoms with Crippen LogP contribution in [0.15, 0.2) is 54.7 Å². The van der Waals surface area contributed by atoms with E-state index in [-0.39, 0.29) is 23.9 Å². The van der Waals surface area contributed by atoms with E-state index in [1.54, 1.807) is 30.5 Å². The Balaban J connectivity index is 1.16. The molecule has 0 aliphatic heterocycles. The van der Waals surface area contributed by atoms with Crippen LogP contribution in [-0.2, 0) is 11.2 Å². The van der Waals surface area contributed by atoms with Crippen molar-refractivity contribution >= 4 is 28.4 Å². The quantitative estimate of drug-likeness (QED) is 0.671. The van der Waals surface area contributed by atoms with Crippen molar-refractivity contribution in [3.8, 4) is 5.75 Å². The average Bonchev–Trinajstić information content (AvgIpc) is 3.14. The van der Waals surface area contributed by atoms with Crippen molar-refractivity contribution in [2.45, 2.75) is 31.4 Å². The molecule has 3 aromatic rings. The highest BCUT2D eigenvalue weighted by Crippen LogP contribution is 2.53. The van der Waals surface area contributed by atoms with Gasteiger partial charge in [-0.25, -0.2) is 4.39 Å². The summed E-state index contributed by atoms with van der Waals surface area (Å²) in [7, 11) is 0. The van der Waals surface area contributed by atoms with E-state index in [1.807, 2.05) is 12.1 Å². The fourth-order valence-corrected chi connectivity index (χ4v) is 4.63. The SMILES string of the molecule is O=C(Cc1ccc(Cl)cc1)NC1[C@H]2C[C@H](Oc3ccnc4ccc(F)cc34)C[C@@H]12. The van der Waals surface area contributed by atoms with Gasteiger partial charge in [-0.05, 0) is 66.6 Å². The van der Waals surface area contributed by atoms with Gasteiger partial charge in [0, 0.05) is 22.6 Å². The Labute approximate surface area is 173 Å². The van der Waals surface area contributed by atoms with Crippen molar-refractivity contribution in [3.63, 3.8) is 0 Å². The average molecular weight is 411 g/mol. The maximum Gasteiger partial charge on any atom is 0.224 e. The van der Waals surface area contributed by atoms with E-state index >= 15 is 0 Å². The molecule has 1 unspecified atom stereocenters. The number of nitrogens with zero attached hydrogens (tertiary/aromatic N) is 1. The molecule has 0 bridgehead atoms. The molecule has 2 saturated carbocycles. The van der Waals surface area contributed by atoms with Crippen LogP contribution in [0.25, 0.3) is 10.9 Å². The van der Waals surface area contributed by atoms with Gasteiger partial charge in [0.2, 0.25) is 5.91 Å². The Kier molecular flexibility index (Phi) is 4.63. The van der Waals surface area contributed by atoms with Crippen molar-refractivity contribution in [3.05, 3.63) is 71.1 Å². The summed E-state index contributed by atoms with van der Waals surface area (Å²) >= 11 is 5.88. The number of amides is 1. The monoisotopic (exact) mass is 410 g/mol. The van der Waals surface area contributed by atoms with Gasteiger partial charge in [0.25, 0.3) is 0 Å². The van der Waals surface area contributed by atoms with Crippen LogP contribution in [0.4, 0.5) is 4.39 Å². The second-order valence-corrected chi connectivity index (χ2v) is 8.34. The van der Waals surface area contributed by atoms with E-state index in [2.05, 4.69) is 10.3 Å². The number of fused-ring (bicyclic) bond motifs is 2. The highest BCUT2D eigenvalue weighted by molar-refractivity contribution is 6.30. The van der Waals surface area contributed by atoms with Crippen LogP contribution in [0.3, 0.4) is 0 Å². The molecular weight excluding hydrogens is 391 g/mol.